The Kier molecular flexibility index (Phi) is 6.83. The Bertz CT molecular complexity index is 420. The van der Waals surface area contributed by atoms with Crippen molar-refractivity contribution in [2.24, 2.45) is 11.8 Å². The van der Waals surface area contributed by atoms with Crippen molar-refractivity contribution in [1.82, 2.24) is 4.98 Å². The second-order valence-corrected chi connectivity index (χ2v) is 7.66. The number of rotatable bonds is 8. The van der Waals surface area contributed by atoms with Crippen LogP contribution < -0.4 is 0 Å². The van der Waals surface area contributed by atoms with Crippen LogP contribution in [-0.4, -0.2) is 23.3 Å². The maximum atomic E-state index is 12.8. The first-order valence-corrected chi connectivity index (χ1v) is 8.43. The predicted octanol–water partition coefficient (Wildman–Crippen LogP) is 3.61. The Morgan fingerprint density at radius 2 is 1.55 bits per heavy atom. The number of pyridine rings is 1. The van der Waals surface area contributed by atoms with Gasteiger partial charge in [-0.1, -0.05) is 27.7 Å². The molecule has 114 valence electrons. The van der Waals surface area contributed by atoms with Gasteiger partial charge in [-0.3, -0.25) is 9.55 Å². The molecular formula is C14H24NO4P. The molecule has 0 aliphatic carbocycles. The zero-order valence-electron chi connectivity index (χ0n) is 12.5. The molecule has 5 nitrogen and oxygen atoms in total. The summed E-state index contributed by atoms with van der Waals surface area (Å²) in [7, 11) is -3.61. The molecule has 1 rings (SSSR count). The minimum absolute atomic E-state index is 0.204. The minimum atomic E-state index is -3.61. The summed E-state index contributed by atoms with van der Waals surface area (Å²) >= 11 is 0. The highest BCUT2D eigenvalue weighted by molar-refractivity contribution is 7.54. The Morgan fingerprint density at radius 3 is 1.95 bits per heavy atom. The summed E-state index contributed by atoms with van der Waals surface area (Å²) in [5, 5.41) is 10.3. The van der Waals surface area contributed by atoms with Crippen LogP contribution in [0.15, 0.2) is 24.5 Å². The topological polar surface area (TPSA) is 68.7 Å². The molecule has 0 saturated carbocycles. The third-order valence-electron chi connectivity index (χ3n) is 2.48. The van der Waals surface area contributed by atoms with E-state index in [4.69, 9.17) is 9.05 Å². The van der Waals surface area contributed by atoms with Gasteiger partial charge in [0.2, 0.25) is 0 Å². The van der Waals surface area contributed by atoms with E-state index in [9.17, 15) is 9.67 Å². The molecule has 0 amide bonds. The molecule has 1 aromatic rings. The molecule has 0 fully saturated rings. The molecule has 1 N–H and O–H groups in total. The van der Waals surface area contributed by atoms with Gasteiger partial charge in [-0.2, -0.15) is 0 Å². The van der Waals surface area contributed by atoms with Gasteiger partial charge in [0, 0.05) is 12.4 Å². The first-order valence-electron chi connectivity index (χ1n) is 6.82. The van der Waals surface area contributed by atoms with Crippen molar-refractivity contribution in [1.29, 1.82) is 0 Å². The zero-order valence-corrected chi connectivity index (χ0v) is 13.4. The number of aliphatic hydroxyl groups is 1. The van der Waals surface area contributed by atoms with E-state index in [-0.39, 0.29) is 25.0 Å². The zero-order chi connectivity index (χ0) is 15.2. The van der Waals surface area contributed by atoms with Crippen LogP contribution in [0, 0.1) is 11.8 Å². The highest BCUT2D eigenvalue weighted by Crippen LogP contribution is 2.59. The van der Waals surface area contributed by atoms with E-state index >= 15 is 0 Å². The molecule has 1 unspecified atom stereocenters. The van der Waals surface area contributed by atoms with E-state index in [1.807, 2.05) is 27.7 Å². The van der Waals surface area contributed by atoms with Crippen LogP contribution in [0.5, 0.6) is 0 Å². The number of hydrogen-bond acceptors (Lipinski definition) is 5. The summed E-state index contributed by atoms with van der Waals surface area (Å²) in [6, 6.07) is 3.21. The molecular weight excluding hydrogens is 277 g/mol. The van der Waals surface area contributed by atoms with Crippen molar-refractivity contribution in [2.75, 3.05) is 13.2 Å². The normalized spacial score (nSPS) is 13.9. The van der Waals surface area contributed by atoms with E-state index in [2.05, 4.69) is 4.98 Å². The van der Waals surface area contributed by atoms with Crippen LogP contribution in [0.4, 0.5) is 0 Å². The molecule has 0 aliphatic heterocycles. The van der Waals surface area contributed by atoms with Gasteiger partial charge < -0.3 is 14.2 Å². The Balaban J connectivity index is 2.88. The van der Waals surface area contributed by atoms with Gasteiger partial charge in [-0.25, -0.2) is 0 Å². The molecule has 0 aliphatic rings. The van der Waals surface area contributed by atoms with E-state index in [1.54, 1.807) is 12.1 Å². The van der Waals surface area contributed by atoms with Crippen molar-refractivity contribution < 1.29 is 18.7 Å². The lowest BCUT2D eigenvalue weighted by molar-refractivity contribution is 0.124. The lowest BCUT2D eigenvalue weighted by Crippen LogP contribution is -2.11. The quantitative estimate of drug-likeness (QED) is 0.743. The highest BCUT2D eigenvalue weighted by Gasteiger charge is 2.36. The second-order valence-electron chi connectivity index (χ2n) is 5.57. The lowest BCUT2D eigenvalue weighted by atomic mass is 10.2. The molecule has 1 atom stereocenters. The summed E-state index contributed by atoms with van der Waals surface area (Å²) in [4.78, 5) is 3.88. The fraction of sp³-hybridized carbons (Fsp3) is 0.643. The van der Waals surface area contributed by atoms with Crippen molar-refractivity contribution in [3.05, 3.63) is 30.1 Å². The molecule has 20 heavy (non-hydrogen) atoms. The number of aromatic nitrogens is 1. The Morgan fingerprint density at radius 1 is 1.10 bits per heavy atom. The standard InChI is InChI=1S/C14H24NO4P/c1-11(2)9-18-20(17,19-10-12(3)4)14(16)13-5-7-15-8-6-13/h5-8,11-12,14,16H,9-10H2,1-4H3. The van der Waals surface area contributed by atoms with Gasteiger partial charge in [0.15, 0.2) is 5.85 Å². The molecule has 0 spiro atoms. The Hall–Kier alpha value is -0.740. The van der Waals surface area contributed by atoms with E-state index in [0.717, 1.165) is 0 Å². The van der Waals surface area contributed by atoms with Gasteiger partial charge in [-0.15, -0.1) is 0 Å². The van der Waals surface area contributed by atoms with E-state index in [0.29, 0.717) is 5.56 Å². The van der Waals surface area contributed by atoms with Gasteiger partial charge >= 0.3 is 7.60 Å². The van der Waals surface area contributed by atoms with Crippen LogP contribution in [0.2, 0.25) is 0 Å². The molecule has 0 radical (unpaired) electrons. The van der Waals surface area contributed by atoms with Crippen molar-refractivity contribution in [2.45, 2.75) is 33.5 Å². The molecule has 1 heterocycles. The summed E-state index contributed by atoms with van der Waals surface area (Å²) in [6.45, 7) is 8.35. The fourth-order valence-corrected chi connectivity index (χ4v) is 3.31. The molecule has 6 heteroatoms. The lowest BCUT2D eigenvalue weighted by Gasteiger charge is -2.25. The van der Waals surface area contributed by atoms with Crippen LogP contribution in [0.1, 0.15) is 39.1 Å². The third-order valence-corrected chi connectivity index (χ3v) is 4.39. The smallest absolute Gasteiger partial charge is 0.363 e. The summed E-state index contributed by atoms with van der Waals surface area (Å²) in [5.41, 5.74) is 0.482. The highest BCUT2D eigenvalue weighted by atomic mass is 31.2. The number of hydrogen-bond donors (Lipinski definition) is 1. The second kappa shape index (κ2) is 7.89. The SMILES string of the molecule is CC(C)COP(=O)(OCC(C)C)C(O)c1ccncc1. The van der Waals surface area contributed by atoms with Gasteiger partial charge in [0.1, 0.15) is 0 Å². The largest absolute Gasteiger partial charge is 0.376 e. The molecule has 0 saturated heterocycles. The minimum Gasteiger partial charge on any atom is -0.376 e. The fourth-order valence-electron chi connectivity index (χ4n) is 1.40. The first kappa shape index (κ1) is 17.3. The number of nitrogens with zero attached hydrogens (tertiary/aromatic N) is 1. The molecule has 0 aromatic carbocycles. The van der Waals surface area contributed by atoms with Crippen molar-refractivity contribution >= 4 is 7.60 Å². The molecule has 0 bridgehead atoms. The van der Waals surface area contributed by atoms with E-state index in [1.165, 1.54) is 12.4 Å². The average molecular weight is 301 g/mol. The van der Waals surface area contributed by atoms with Crippen LogP contribution in [0.3, 0.4) is 0 Å². The van der Waals surface area contributed by atoms with Gasteiger partial charge in [0.05, 0.1) is 13.2 Å². The summed E-state index contributed by atoms with van der Waals surface area (Å²) in [5.74, 6) is -0.880. The third kappa shape index (κ3) is 5.33. The average Bonchev–Trinajstić information content (AvgIpc) is 2.43. The van der Waals surface area contributed by atoms with Crippen LogP contribution >= 0.6 is 7.60 Å². The van der Waals surface area contributed by atoms with Crippen LogP contribution in [0.25, 0.3) is 0 Å². The van der Waals surface area contributed by atoms with Crippen molar-refractivity contribution in [3.8, 4) is 0 Å². The molecule has 1 aromatic heterocycles. The maximum Gasteiger partial charge on any atom is 0.363 e. The summed E-state index contributed by atoms with van der Waals surface area (Å²) < 4.78 is 23.6. The summed E-state index contributed by atoms with van der Waals surface area (Å²) in [6.07, 6.45) is 3.07. The number of aliphatic hydroxyl groups excluding tert-OH is 1. The van der Waals surface area contributed by atoms with Gasteiger partial charge in [0.25, 0.3) is 0 Å². The van der Waals surface area contributed by atoms with Gasteiger partial charge in [-0.05, 0) is 29.5 Å². The predicted molar refractivity (Wildman–Crippen MR) is 78.4 cm³/mol. The van der Waals surface area contributed by atoms with Crippen molar-refractivity contribution in [3.63, 3.8) is 0 Å². The Labute approximate surface area is 120 Å². The van der Waals surface area contributed by atoms with Crippen LogP contribution in [-0.2, 0) is 13.6 Å². The maximum absolute atomic E-state index is 12.8. The monoisotopic (exact) mass is 301 g/mol. The first-order chi connectivity index (χ1) is 9.35. The van der Waals surface area contributed by atoms with E-state index < -0.39 is 13.4 Å².